The lowest BCUT2D eigenvalue weighted by atomic mass is 10.0. The summed E-state index contributed by atoms with van der Waals surface area (Å²) >= 11 is 0. The molecular weight excluding hydrogens is 296 g/mol. The van der Waals surface area contributed by atoms with Gasteiger partial charge >= 0.3 is 12.0 Å². The second kappa shape index (κ2) is 8.53. The van der Waals surface area contributed by atoms with E-state index in [0.29, 0.717) is 19.8 Å². The number of rotatable bonds is 10. The summed E-state index contributed by atoms with van der Waals surface area (Å²) in [4.78, 5) is 21.9. The minimum absolute atomic E-state index is 0.0636. The first-order chi connectivity index (χ1) is 11.1. The van der Waals surface area contributed by atoms with E-state index in [1.165, 1.54) is 0 Å². The number of carbonyl (C=O) groups excluding carboxylic acids is 1. The highest BCUT2D eigenvalue weighted by molar-refractivity contribution is 5.75. The number of urea groups is 1. The fourth-order valence-electron chi connectivity index (χ4n) is 2.36. The summed E-state index contributed by atoms with van der Waals surface area (Å²) in [6.07, 6.45) is 3.05. The molecule has 1 saturated carbocycles. The minimum Gasteiger partial charge on any atom is -0.481 e. The predicted octanol–water partition coefficient (Wildman–Crippen LogP) is 2.15. The van der Waals surface area contributed by atoms with Crippen molar-refractivity contribution in [2.75, 3.05) is 19.7 Å². The number of hydrogen-bond donors (Lipinski definition) is 3. The third-order valence-electron chi connectivity index (χ3n) is 4.09. The van der Waals surface area contributed by atoms with Gasteiger partial charge in [0.15, 0.2) is 0 Å². The molecule has 2 amide bonds. The lowest BCUT2D eigenvalue weighted by Gasteiger charge is -2.16. The van der Waals surface area contributed by atoms with Crippen LogP contribution in [0.3, 0.4) is 0 Å². The van der Waals surface area contributed by atoms with E-state index in [2.05, 4.69) is 10.6 Å². The number of aliphatic carboxylic acids is 1. The van der Waals surface area contributed by atoms with E-state index in [9.17, 15) is 9.59 Å². The fraction of sp³-hybridized carbons (Fsp3) is 0.529. The van der Waals surface area contributed by atoms with E-state index >= 15 is 0 Å². The van der Waals surface area contributed by atoms with Crippen LogP contribution in [-0.4, -0.2) is 36.8 Å². The van der Waals surface area contributed by atoms with Crippen LogP contribution in [0.5, 0.6) is 0 Å². The predicted molar refractivity (Wildman–Crippen MR) is 86.0 cm³/mol. The Labute approximate surface area is 136 Å². The average Bonchev–Trinajstić information content (AvgIpc) is 3.31. The minimum atomic E-state index is -0.917. The molecular formula is C17H24N2O4. The maximum atomic E-state index is 11.6. The molecule has 2 rings (SSSR count). The SMILES string of the molecule is O=C(O)CCNC(=O)NCC1(CCOCc2ccccc2)CC1. The summed E-state index contributed by atoms with van der Waals surface area (Å²) in [6.45, 7) is 2.05. The summed E-state index contributed by atoms with van der Waals surface area (Å²) in [5.74, 6) is -0.917. The topological polar surface area (TPSA) is 87.7 Å². The van der Waals surface area contributed by atoms with Crippen molar-refractivity contribution in [1.29, 1.82) is 0 Å². The van der Waals surface area contributed by atoms with Gasteiger partial charge in [-0.3, -0.25) is 4.79 Å². The molecule has 126 valence electrons. The Morgan fingerprint density at radius 3 is 2.57 bits per heavy atom. The highest BCUT2D eigenvalue weighted by Gasteiger charge is 2.42. The van der Waals surface area contributed by atoms with Gasteiger partial charge in [-0.1, -0.05) is 30.3 Å². The van der Waals surface area contributed by atoms with E-state index in [0.717, 1.165) is 24.8 Å². The van der Waals surface area contributed by atoms with Crippen LogP contribution in [0.4, 0.5) is 4.79 Å². The first kappa shape index (κ1) is 17.3. The van der Waals surface area contributed by atoms with Crippen molar-refractivity contribution in [3.05, 3.63) is 35.9 Å². The van der Waals surface area contributed by atoms with Crippen LogP contribution in [0.25, 0.3) is 0 Å². The number of carboxylic acids is 1. The van der Waals surface area contributed by atoms with Crippen LogP contribution < -0.4 is 10.6 Å². The molecule has 23 heavy (non-hydrogen) atoms. The largest absolute Gasteiger partial charge is 0.481 e. The van der Waals surface area contributed by atoms with Crippen LogP contribution >= 0.6 is 0 Å². The van der Waals surface area contributed by atoms with Crippen LogP contribution in [0.2, 0.25) is 0 Å². The zero-order chi connectivity index (χ0) is 16.5. The Balaban J connectivity index is 1.56. The van der Waals surface area contributed by atoms with E-state index in [1.807, 2.05) is 30.3 Å². The van der Waals surface area contributed by atoms with Crippen molar-refractivity contribution in [1.82, 2.24) is 10.6 Å². The Kier molecular flexibility index (Phi) is 6.40. The molecule has 6 heteroatoms. The second-order valence-electron chi connectivity index (χ2n) is 6.04. The van der Waals surface area contributed by atoms with Gasteiger partial charge in [-0.25, -0.2) is 4.79 Å². The summed E-state index contributed by atoms with van der Waals surface area (Å²) < 4.78 is 5.70. The molecule has 0 aromatic heterocycles. The Morgan fingerprint density at radius 2 is 1.91 bits per heavy atom. The van der Waals surface area contributed by atoms with E-state index in [4.69, 9.17) is 9.84 Å². The van der Waals surface area contributed by atoms with E-state index in [-0.39, 0.29) is 24.4 Å². The van der Waals surface area contributed by atoms with Crippen LogP contribution in [0.1, 0.15) is 31.2 Å². The molecule has 0 atom stereocenters. The summed E-state index contributed by atoms with van der Waals surface area (Å²) in [7, 11) is 0. The quantitative estimate of drug-likeness (QED) is 0.576. The van der Waals surface area contributed by atoms with Crippen molar-refractivity contribution in [2.24, 2.45) is 5.41 Å². The number of hydrogen-bond acceptors (Lipinski definition) is 3. The number of ether oxygens (including phenoxy) is 1. The standard InChI is InChI=1S/C17H24N2O4/c20-15(21)6-10-18-16(22)19-13-17(7-8-17)9-11-23-12-14-4-2-1-3-5-14/h1-5H,6-13H2,(H,20,21)(H2,18,19,22). The first-order valence-corrected chi connectivity index (χ1v) is 7.95. The van der Waals surface area contributed by atoms with Gasteiger partial charge in [0.1, 0.15) is 0 Å². The van der Waals surface area contributed by atoms with Gasteiger partial charge in [0.05, 0.1) is 13.0 Å². The Hall–Kier alpha value is -2.08. The van der Waals surface area contributed by atoms with Crippen molar-refractivity contribution < 1.29 is 19.4 Å². The molecule has 0 radical (unpaired) electrons. The third kappa shape index (κ3) is 6.69. The lowest BCUT2D eigenvalue weighted by molar-refractivity contribution is -0.136. The highest BCUT2D eigenvalue weighted by atomic mass is 16.5. The molecule has 0 heterocycles. The Bertz CT molecular complexity index is 515. The zero-order valence-electron chi connectivity index (χ0n) is 13.2. The molecule has 1 aromatic carbocycles. The number of amides is 2. The molecule has 0 spiro atoms. The molecule has 0 unspecified atom stereocenters. The maximum absolute atomic E-state index is 11.6. The number of benzene rings is 1. The molecule has 6 nitrogen and oxygen atoms in total. The zero-order valence-corrected chi connectivity index (χ0v) is 13.2. The molecule has 0 bridgehead atoms. The molecule has 1 aliphatic rings. The van der Waals surface area contributed by atoms with Crippen molar-refractivity contribution in [3.8, 4) is 0 Å². The van der Waals surface area contributed by atoms with Crippen LogP contribution in [0.15, 0.2) is 30.3 Å². The van der Waals surface area contributed by atoms with Gasteiger partial charge in [0, 0.05) is 19.7 Å². The van der Waals surface area contributed by atoms with Crippen molar-refractivity contribution in [2.45, 2.75) is 32.3 Å². The average molecular weight is 320 g/mol. The van der Waals surface area contributed by atoms with Gasteiger partial charge in [0.2, 0.25) is 0 Å². The van der Waals surface area contributed by atoms with Crippen LogP contribution in [0, 0.1) is 5.41 Å². The number of carbonyl (C=O) groups is 2. The maximum Gasteiger partial charge on any atom is 0.314 e. The summed E-state index contributed by atoms with van der Waals surface area (Å²) in [6, 6.07) is 9.74. The third-order valence-corrected chi connectivity index (χ3v) is 4.09. The van der Waals surface area contributed by atoms with Crippen molar-refractivity contribution in [3.63, 3.8) is 0 Å². The van der Waals surface area contributed by atoms with Crippen LogP contribution in [-0.2, 0) is 16.1 Å². The van der Waals surface area contributed by atoms with E-state index in [1.54, 1.807) is 0 Å². The molecule has 3 N–H and O–H groups in total. The first-order valence-electron chi connectivity index (χ1n) is 7.95. The molecule has 1 aliphatic carbocycles. The number of nitrogens with one attached hydrogen (secondary N) is 2. The second-order valence-corrected chi connectivity index (χ2v) is 6.04. The molecule has 0 aliphatic heterocycles. The van der Waals surface area contributed by atoms with Gasteiger partial charge < -0.3 is 20.5 Å². The van der Waals surface area contributed by atoms with Gasteiger partial charge in [-0.15, -0.1) is 0 Å². The monoisotopic (exact) mass is 320 g/mol. The molecule has 0 saturated heterocycles. The van der Waals surface area contributed by atoms with Gasteiger partial charge in [-0.05, 0) is 30.2 Å². The fourth-order valence-corrected chi connectivity index (χ4v) is 2.36. The lowest BCUT2D eigenvalue weighted by Crippen LogP contribution is -2.39. The normalized spacial score (nSPS) is 15.0. The Morgan fingerprint density at radius 1 is 1.17 bits per heavy atom. The number of carboxylic acid groups (broad SMARTS) is 1. The van der Waals surface area contributed by atoms with Gasteiger partial charge in [0.25, 0.3) is 0 Å². The summed E-state index contributed by atoms with van der Waals surface area (Å²) in [5, 5.41) is 13.9. The van der Waals surface area contributed by atoms with E-state index < -0.39 is 5.97 Å². The van der Waals surface area contributed by atoms with Crippen molar-refractivity contribution >= 4 is 12.0 Å². The molecule has 1 fully saturated rings. The summed E-state index contributed by atoms with van der Waals surface area (Å²) in [5.41, 5.74) is 1.31. The molecule has 1 aromatic rings. The van der Waals surface area contributed by atoms with Gasteiger partial charge in [-0.2, -0.15) is 0 Å². The smallest absolute Gasteiger partial charge is 0.314 e. The highest BCUT2D eigenvalue weighted by Crippen LogP contribution is 2.48.